The Labute approximate surface area is 292 Å². The van der Waals surface area contributed by atoms with Crippen molar-refractivity contribution in [3.8, 4) is 0 Å². The Morgan fingerprint density at radius 1 is 0.714 bits per heavy atom. The standard InChI is InChI=1S/C39H60O10/c1-21(27-12-10-9-11-13-27)35(48-25(5)42)36(49-26(6)43)22(2)29-14-15-30-28-20-45-37(44)32-18-33(46-23(3)40)34(47-24(4)41)19-39(32,8)31(28)16-17-38(29,30)7/h21-22,27-36H,9-20H2,1-8H3/t21-,22-,28-,29+,30-,31-,32+,33-,34+,35+,36+,38+,39+/m0/s1. The highest BCUT2D eigenvalue weighted by Gasteiger charge is 2.64. The second-order valence-corrected chi connectivity index (χ2v) is 16.8. The third kappa shape index (κ3) is 7.53. The predicted octanol–water partition coefficient (Wildman–Crippen LogP) is 6.60. The highest BCUT2D eigenvalue weighted by molar-refractivity contribution is 5.75. The second kappa shape index (κ2) is 14.9. The molecule has 10 nitrogen and oxygen atoms in total. The Morgan fingerprint density at radius 3 is 1.88 bits per heavy atom. The largest absolute Gasteiger partial charge is 0.465 e. The summed E-state index contributed by atoms with van der Waals surface area (Å²) in [6, 6.07) is 0. The van der Waals surface area contributed by atoms with Crippen molar-refractivity contribution in [2.45, 2.75) is 150 Å². The zero-order chi connectivity index (χ0) is 35.8. The lowest BCUT2D eigenvalue weighted by Crippen LogP contribution is -2.56. The van der Waals surface area contributed by atoms with E-state index >= 15 is 0 Å². The van der Waals surface area contributed by atoms with Gasteiger partial charge in [-0.1, -0.05) is 59.8 Å². The van der Waals surface area contributed by atoms with Crippen LogP contribution < -0.4 is 0 Å². The Balaban J connectivity index is 1.43. The van der Waals surface area contributed by atoms with Crippen molar-refractivity contribution in [1.29, 1.82) is 0 Å². The fraction of sp³-hybridized carbons (Fsp3) is 0.872. The van der Waals surface area contributed by atoms with Gasteiger partial charge in [0.2, 0.25) is 0 Å². The van der Waals surface area contributed by atoms with Crippen LogP contribution in [0.2, 0.25) is 0 Å². The molecule has 0 amide bonds. The minimum atomic E-state index is -0.700. The van der Waals surface area contributed by atoms with Gasteiger partial charge in [-0.2, -0.15) is 0 Å². The number of ether oxygens (including phenoxy) is 5. The molecule has 5 rings (SSSR count). The maximum atomic E-state index is 13.7. The number of carbonyl (C=O) groups is 5. The summed E-state index contributed by atoms with van der Waals surface area (Å²) >= 11 is 0. The van der Waals surface area contributed by atoms with Crippen molar-refractivity contribution in [3.05, 3.63) is 0 Å². The number of hydrogen-bond donors (Lipinski definition) is 0. The van der Waals surface area contributed by atoms with Crippen molar-refractivity contribution in [3.63, 3.8) is 0 Å². The van der Waals surface area contributed by atoms with E-state index in [2.05, 4.69) is 27.7 Å². The van der Waals surface area contributed by atoms with Crippen LogP contribution in [-0.2, 0) is 47.7 Å². The summed E-state index contributed by atoms with van der Waals surface area (Å²) in [5.41, 5.74) is -0.614. The molecule has 0 aromatic rings. The van der Waals surface area contributed by atoms with Gasteiger partial charge in [0.1, 0.15) is 24.4 Å². The third-order valence-electron chi connectivity index (χ3n) is 14.0. The van der Waals surface area contributed by atoms with Crippen molar-refractivity contribution in [1.82, 2.24) is 0 Å². The lowest BCUT2D eigenvalue weighted by Gasteiger charge is -2.56. The summed E-state index contributed by atoms with van der Waals surface area (Å²) in [4.78, 5) is 63.0. The van der Waals surface area contributed by atoms with Crippen LogP contribution in [0.5, 0.6) is 0 Å². The van der Waals surface area contributed by atoms with Gasteiger partial charge in [0.25, 0.3) is 0 Å². The Bertz CT molecular complexity index is 1260. The molecule has 1 aliphatic heterocycles. The van der Waals surface area contributed by atoms with Gasteiger partial charge in [0.05, 0.1) is 12.5 Å². The highest BCUT2D eigenvalue weighted by Crippen LogP contribution is 2.66. The van der Waals surface area contributed by atoms with Gasteiger partial charge >= 0.3 is 29.8 Å². The van der Waals surface area contributed by atoms with Gasteiger partial charge in [-0.3, -0.25) is 24.0 Å². The van der Waals surface area contributed by atoms with Crippen LogP contribution in [0.4, 0.5) is 0 Å². The molecule has 5 fully saturated rings. The average Bonchev–Trinajstić information content (AvgIpc) is 3.33. The first kappa shape index (κ1) is 37.6. The lowest BCUT2D eigenvalue weighted by atomic mass is 9.48. The van der Waals surface area contributed by atoms with E-state index in [1.54, 1.807) is 0 Å². The maximum absolute atomic E-state index is 13.7. The van der Waals surface area contributed by atoms with Gasteiger partial charge < -0.3 is 23.7 Å². The third-order valence-corrected chi connectivity index (χ3v) is 14.0. The van der Waals surface area contributed by atoms with E-state index in [0.717, 1.165) is 51.4 Å². The molecule has 1 saturated heterocycles. The molecular weight excluding hydrogens is 628 g/mol. The minimum absolute atomic E-state index is 0.0576. The summed E-state index contributed by atoms with van der Waals surface area (Å²) in [5, 5.41) is 0. The van der Waals surface area contributed by atoms with Crippen LogP contribution in [0.25, 0.3) is 0 Å². The van der Waals surface area contributed by atoms with E-state index in [9.17, 15) is 24.0 Å². The van der Waals surface area contributed by atoms with E-state index < -0.39 is 47.7 Å². The van der Waals surface area contributed by atoms with Crippen LogP contribution in [0.15, 0.2) is 0 Å². The first-order chi connectivity index (χ1) is 23.1. The van der Waals surface area contributed by atoms with Gasteiger partial charge in [0.15, 0.2) is 0 Å². The molecule has 0 aromatic carbocycles. The van der Waals surface area contributed by atoms with E-state index in [-0.39, 0.29) is 65.3 Å². The van der Waals surface area contributed by atoms with Gasteiger partial charge in [-0.15, -0.1) is 0 Å². The molecule has 5 aliphatic rings. The van der Waals surface area contributed by atoms with E-state index in [4.69, 9.17) is 23.7 Å². The molecule has 0 N–H and O–H groups in total. The molecule has 276 valence electrons. The van der Waals surface area contributed by atoms with Crippen LogP contribution in [0.1, 0.15) is 126 Å². The van der Waals surface area contributed by atoms with Gasteiger partial charge in [-0.05, 0) is 78.4 Å². The Hall–Kier alpha value is -2.65. The average molecular weight is 689 g/mol. The topological polar surface area (TPSA) is 132 Å². The number of carbonyl (C=O) groups excluding carboxylic acids is 5. The van der Waals surface area contributed by atoms with Crippen LogP contribution >= 0.6 is 0 Å². The lowest BCUT2D eigenvalue weighted by molar-refractivity contribution is -0.189. The van der Waals surface area contributed by atoms with Crippen molar-refractivity contribution in [2.24, 2.45) is 58.2 Å². The van der Waals surface area contributed by atoms with Crippen molar-refractivity contribution < 1.29 is 47.7 Å². The maximum Gasteiger partial charge on any atom is 0.309 e. The first-order valence-electron chi connectivity index (χ1n) is 18.9. The quantitative estimate of drug-likeness (QED) is 0.193. The first-order valence-corrected chi connectivity index (χ1v) is 18.9. The monoisotopic (exact) mass is 688 g/mol. The fourth-order valence-corrected chi connectivity index (χ4v) is 11.8. The van der Waals surface area contributed by atoms with Crippen molar-refractivity contribution in [2.75, 3.05) is 6.61 Å². The highest BCUT2D eigenvalue weighted by atomic mass is 16.6. The fourth-order valence-electron chi connectivity index (χ4n) is 11.8. The zero-order valence-electron chi connectivity index (χ0n) is 31.0. The summed E-state index contributed by atoms with van der Waals surface area (Å²) < 4.78 is 29.7. The zero-order valence-corrected chi connectivity index (χ0v) is 31.0. The molecule has 0 radical (unpaired) electrons. The number of rotatable bonds is 9. The van der Waals surface area contributed by atoms with Gasteiger partial charge in [-0.25, -0.2) is 0 Å². The second-order valence-electron chi connectivity index (χ2n) is 16.8. The van der Waals surface area contributed by atoms with Gasteiger partial charge in [0, 0.05) is 40.0 Å². The smallest absolute Gasteiger partial charge is 0.309 e. The molecule has 13 atom stereocenters. The normalized spacial score (nSPS) is 38.5. The molecular formula is C39H60O10. The van der Waals surface area contributed by atoms with E-state index in [1.807, 2.05) is 0 Å². The SMILES string of the molecule is CC(=O)O[C@H]([C@@H](C)[C@H]1CC[C@H]2[C@@H]3COC(=O)[C@H]4C[C@H](OC(C)=O)[C@H](OC(C)=O)C[C@]4(C)[C@H]3CC[C@]12C)[C@H](OC(C)=O)[C@@H](C)C1CCCCC1. The Kier molecular flexibility index (Phi) is 11.4. The molecule has 4 saturated carbocycles. The van der Waals surface area contributed by atoms with E-state index in [0.29, 0.717) is 18.9 Å². The summed E-state index contributed by atoms with van der Waals surface area (Å²) in [7, 11) is 0. The molecule has 49 heavy (non-hydrogen) atoms. The molecule has 0 aromatic heterocycles. The Morgan fingerprint density at radius 2 is 1.29 bits per heavy atom. The number of esters is 5. The summed E-state index contributed by atoms with van der Waals surface area (Å²) in [5.74, 6) is -1.24. The summed E-state index contributed by atoms with van der Waals surface area (Å²) in [6.07, 6.45) is 7.69. The molecule has 0 unspecified atom stereocenters. The molecule has 0 spiro atoms. The van der Waals surface area contributed by atoms with E-state index in [1.165, 1.54) is 34.1 Å². The number of hydrogen-bond acceptors (Lipinski definition) is 10. The van der Waals surface area contributed by atoms with Crippen LogP contribution in [-0.4, -0.2) is 60.9 Å². The number of cyclic esters (lactones) is 1. The summed E-state index contributed by atoms with van der Waals surface area (Å²) in [6.45, 7) is 14.7. The van der Waals surface area contributed by atoms with Crippen LogP contribution in [0.3, 0.4) is 0 Å². The molecule has 1 heterocycles. The van der Waals surface area contributed by atoms with Crippen LogP contribution in [0, 0.1) is 58.2 Å². The number of fused-ring (bicyclic) bond motifs is 5. The van der Waals surface area contributed by atoms with Crippen molar-refractivity contribution >= 4 is 29.8 Å². The molecule has 0 bridgehead atoms. The molecule has 10 heteroatoms. The minimum Gasteiger partial charge on any atom is -0.465 e. The molecule has 4 aliphatic carbocycles. The predicted molar refractivity (Wildman–Crippen MR) is 179 cm³/mol.